The van der Waals surface area contributed by atoms with Gasteiger partial charge in [0.05, 0.1) is 0 Å². The molecule has 1 aliphatic rings. The van der Waals surface area contributed by atoms with E-state index >= 15 is 0 Å². The van der Waals surface area contributed by atoms with Crippen LogP contribution in [0, 0.1) is 5.41 Å². The van der Waals surface area contributed by atoms with Gasteiger partial charge in [0.15, 0.2) is 0 Å². The molecule has 0 unspecified atom stereocenters. The van der Waals surface area contributed by atoms with Crippen molar-refractivity contribution in [3.05, 3.63) is 16.5 Å². The monoisotopic (exact) mass is 325 g/mol. The first-order valence-corrected chi connectivity index (χ1v) is 7.97. The Balaban J connectivity index is 2.11. The lowest BCUT2D eigenvalue weighted by Crippen LogP contribution is -2.37. The third-order valence-corrected chi connectivity index (χ3v) is 4.67. The molecule has 0 bridgehead atoms. The summed E-state index contributed by atoms with van der Waals surface area (Å²) in [5, 5.41) is 0. The van der Waals surface area contributed by atoms with Crippen molar-refractivity contribution in [3.8, 4) is 0 Å². The lowest BCUT2D eigenvalue weighted by molar-refractivity contribution is 0.222. The molecular formula is C15H24BrN3. The van der Waals surface area contributed by atoms with Crippen molar-refractivity contribution in [2.45, 2.75) is 58.9 Å². The number of halogens is 1. The zero-order valence-corrected chi connectivity index (χ0v) is 14.0. The maximum atomic E-state index is 4.65. The van der Waals surface area contributed by atoms with Gasteiger partial charge in [-0.2, -0.15) is 0 Å². The summed E-state index contributed by atoms with van der Waals surface area (Å²) >= 11 is 3.49. The van der Waals surface area contributed by atoms with Crippen molar-refractivity contribution in [1.29, 1.82) is 0 Å². The van der Waals surface area contributed by atoms with Crippen LogP contribution in [0.3, 0.4) is 0 Å². The van der Waals surface area contributed by atoms with Gasteiger partial charge in [-0.3, -0.25) is 0 Å². The average molecular weight is 326 g/mol. The highest BCUT2D eigenvalue weighted by atomic mass is 79.9. The predicted molar refractivity (Wildman–Crippen MR) is 83.6 cm³/mol. The molecule has 4 heteroatoms. The maximum absolute atomic E-state index is 4.65. The summed E-state index contributed by atoms with van der Waals surface area (Å²) in [6.07, 6.45) is 5.99. The van der Waals surface area contributed by atoms with Crippen molar-refractivity contribution >= 4 is 21.7 Å². The normalized spacial score (nSPS) is 19.4. The average Bonchev–Trinajstić information content (AvgIpc) is 2.37. The van der Waals surface area contributed by atoms with Gasteiger partial charge in [-0.25, -0.2) is 9.97 Å². The molecule has 3 nitrogen and oxygen atoms in total. The Hall–Kier alpha value is -0.640. The van der Waals surface area contributed by atoms with Crippen LogP contribution in [0.15, 0.2) is 10.7 Å². The molecule has 1 aromatic heterocycles. The zero-order chi connectivity index (χ0) is 14.0. The highest BCUT2D eigenvalue weighted by Crippen LogP contribution is 2.37. The summed E-state index contributed by atoms with van der Waals surface area (Å²) in [6.45, 7) is 6.84. The van der Waals surface area contributed by atoms with Gasteiger partial charge in [-0.1, -0.05) is 20.8 Å². The fraction of sp³-hybridized carbons (Fsp3) is 0.733. The molecule has 1 fully saturated rings. The zero-order valence-electron chi connectivity index (χ0n) is 12.4. The molecule has 0 atom stereocenters. The highest BCUT2D eigenvalue weighted by molar-refractivity contribution is 9.10. The Labute approximate surface area is 125 Å². The summed E-state index contributed by atoms with van der Waals surface area (Å²) in [5.41, 5.74) is 0.512. The molecule has 0 radical (unpaired) electrons. The van der Waals surface area contributed by atoms with Crippen LogP contribution in [0.4, 0.5) is 5.82 Å². The molecule has 0 aliphatic heterocycles. The van der Waals surface area contributed by atoms with Gasteiger partial charge in [0.25, 0.3) is 0 Å². The van der Waals surface area contributed by atoms with Crippen LogP contribution >= 0.6 is 15.9 Å². The fourth-order valence-electron chi connectivity index (χ4n) is 2.75. The van der Waals surface area contributed by atoms with Crippen LogP contribution in [0.2, 0.25) is 0 Å². The molecule has 1 aromatic rings. The number of nitrogens with zero attached hydrogens (tertiary/aromatic N) is 3. The van der Waals surface area contributed by atoms with E-state index in [2.05, 4.69) is 58.6 Å². The summed E-state index contributed by atoms with van der Waals surface area (Å²) in [6, 6.07) is 2.64. The standard InChI is InChI=1S/C15H24BrN3/c1-5-13-17-12(16)10-14(18-13)19(4)11-6-8-15(2,3)9-7-11/h10-11H,5-9H2,1-4H3. The van der Waals surface area contributed by atoms with Crippen LogP contribution in [0.1, 0.15) is 52.3 Å². The lowest BCUT2D eigenvalue weighted by Gasteiger charge is -2.39. The van der Waals surface area contributed by atoms with Crippen LogP contribution in [-0.2, 0) is 6.42 Å². The van der Waals surface area contributed by atoms with Crippen molar-refractivity contribution in [3.63, 3.8) is 0 Å². The molecule has 0 N–H and O–H groups in total. The molecule has 0 amide bonds. The minimum atomic E-state index is 0.512. The van der Waals surface area contributed by atoms with Gasteiger partial charge in [0, 0.05) is 25.6 Å². The van der Waals surface area contributed by atoms with Gasteiger partial charge < -0.3 is 4.90 Å². The van der Waals surface area contributed by atoms with Gasteiger partial charge in [0.1, 0.15) is 16.2 Å². The highest BCUT2D eigenvalue weighted by Gasteiger charge is 2.29. The van der Waals surface area contributed by atoms with E-state index in [0.29, 0.717) is 11.5 Å². The van der Waals surface area contributed by atoms with Crippen LogP contribution in [-0.4, -0.2) is 23.1 Å². The van der Waals surface area contributed by atoms with E-state index in [4.69, 9.17) is 0 Å². The second-order valence-corrected chi connectivity index (χ2v) is 7.14. The summed E-state index contributed by atoms with van der Waals surface area (Å²) in [4.78, 5) is 11.4. The summed E-state index contributed by atoms with van der Waals surface area (Å²) in [7, 11) is 2.16. The van der Waals surface area contributed by atoms with E-state index in [1.165, 1.54) is 25.7 Å². The SMILES string of the molecule is CCc1nc(Br)cc(N(C)C2CCC(C)(C)CC2)n1. The topological polar surface area (TPSA) is 29.0 Å². The van der Waals surface area contributed by atoms with Crippen molar-refractivity contribution in [1.82, 2.24) is 9.97 Å². The Kier molecular flexibility index (Phi) is 4.49. The molecular weight excluding hydrogens is 302 g/mol. The van der Waals surface area contributed by atoms with Crippen LogP contribution < -0.4 is 4.90 Å². The minimum absolute atomic E-state index is 0.512. The van der Waals surface area contributed by atoms with Gasteiger partial charge in [0.2, 0.25) is 0 Å². The fourth-order valence-corrected chi connectivity index (χ4v) is 3.16. The first-order valence-electron chi connectivity index (χ1n) is 7.17. The molecule has 2 rings (SSSR count). The smallest absolute Gasteiger partial charge is 0.133 e. The number of hydrogen-bond acceptors (Lipinski definition) is 3. The Morgan fingerprint density at radius 1 is 1.32 bits per heavy atom. The molecule has 1 saturated carbocycles. The van der Waals surface area contributed by atoms with Gasteiger partial charge in [-0.05, 0) is 47.0 Å². The number of aryl methyl sites for hydroxylation is 1. The third kappa shape index (κ3) is 3.68. The van der Waals surface area contributed by atoms with E-state index in [1.807, 2.05) is 6.07 Å². The predicted octanol–water partition coefficient (Wildman–Crippen LogP) is 4.21. The number of aromatic nitrogens is 2. The Bertz CT molecular complexity index is 435. The van der Waals surface area contributed by atoms with E-state index < -0.39 is 0 Å². The van der Waals surface area contributed by atoms with Crippen molar-refractivity contribution in [2.75, 3.05) is 11.9 Å². The lowest BCUT2D eigenvalue weighted by atomic mass is 9.75. The Morgan fingerprint density at radius 3 is 2.53 bits per heavy atom. The number of hydrogen-bond donors (Lipinski definition) is 0. The van der Waals surface area contributed by atoms with E-state index in [1.54, 1.807) is 0 Å². The molecule has 106 valence electrons. The molecule has 0 saturated heterocycles. The second-order valence-electron chi connectivity index (χ2n) is 6.32. The summed E-state index contributed by atoms with van der Waals surface area (Å²) < 4.78 is 0.886. The van der Waals surface area contributed by atoms with E-state index in [0.717, 1.165) is 22.7 Å². The molecule has 1 aliphatic carbocycles. The van der Waals surface area contributed by atoms with Gasteiger partial charge in [-0.15, -0.1) is 0 Å². The van der Waals surface area contributed by atoms with Gasteiger partial charge >= 0.3 is 0 Å². The molecule has 0 spiro atoms. The third-order valence-electron chi connectivity index (χ3n) is 4.26. The first-order chi connectivity index (χ1) is 8.91. The molecule has 19 heavy (non-hydrogen) atoms. The maximum Gasteiger partial charge on any atom is 0.133 e. The number of rotatable bonds is 3. The largest absolute Gasteiger partial charge is 0.357 e. The minimum Gasteiger partial charge on any atom is -0.357 e. The van der Waals surface area contributed by atoms with Crippen LogP contribution in [0.25, 0.3) is 0 Å². The first kappa shape index (κ1) is 14.8. The Morgan fingerprint density at radius 2 is 1.95 bits per heavy atom. The second kappa shape index (κ2) is 5.78. The molecule has 0 aromatic carbocycles. The van der Waals surface area contributed by atoms with Crippen LogP contribution in [0.5, 0.6) is 0 Å². The van der Waals surface area contributed by atoms with E-state index in [-0.39, 0.29) is 0 Å². The molecule has 1 heterocycles. The van der Waals surface area contributed by atoms with E-state index in [9.17, 15) is 0 Å². The summed E-state index contributed by atoms with van der Waals surface area (Å²) in [5.74, 6) is 1.95. The van der Waals surface area contributed by atoms with Crippen molar-refractivity contribution < 1.29 is 0 Å². The quantitative estimate of drug-likeness (QED) is 0.779. The number of anilines is 1. The van der Waals surface area contributed by atoms with Crippen molar-refractivity contribution in [2.24, 2.45) is 5.41 Å².